The van der Waals surface area contributed by atoms with Crippen molar-refractivity contribution in [1.82, 2.24) is 0 Å². The van der Waals surface area contributed by atoms with E-state index in [0.717, 1.165) is 37.2 Å². The van der Waals surface area contributed by atoms with Gasteiger partial charge in [-0.25, -0.2) is 0 Å². The van der Waals surface area contributed by atoms with E-state index in [1.807, 2.05) is 0 Å². The summed E-state index contributed by atoms with van der Waals surface area (Å²) in [5.74, 6) is 1.98. The maximum absolute atomic E-state index is 6.77. The summed E-state index contributed by atoms with van der Waals surface area (Å²) in [5, 5.41) is 0. The second-order valence-corrected chi connectivity index (χ2v) is 15.4. The van der Waals surface area contributed by atoms with E-state index in [4.69, 9.17) is 4.74 Å². The Morgan fingerprint density at radius 1 is 0.783 bits per heavy atom. The van der Waals surface area contributed by atoms with Gasteiger partial charge in [0.1, 0.15) is 11.5 Å². The number of fused-ring (bicyclic) bond motifs is 5. The Kier molecular flexibility index (Phi) is 7.74. The zero-order chi connectivity index (χ0) is 32.4. The lowest BCUT2D eigenvalue weighted by atomic mass is 9.33. The summed E-state index contributed by atoms with van der Waals surface area (Å²) in [5.41, 5.74) is 16.2. The van der Waals surface area contributed by atoms with Crippen LogP contribution in [0.3, 0.4) is 0 Å². The van der Waals surface area contributed by atoms with Crippen molar-refractivity contribution in [2.75, 3.05) is 4.90 Å². The van der Waals surface area contributed by atoms with Gasteiger partial charge in [0.15, 0.2) is 0 Å². The fourth-order valence-corrected chi connectivity index (χ4v) is 8.27. The van der Waals surface area contributed by atoms with Gasteiger partial charge in [0.25, 0.3) is 6.71 Å². The number of aryl methyl sites for hydroxylation is 2. The van der Waals surface area contributed by atoms with Gasteiger partial charge in [-0.1, -0.05) is 98.2 Å². The summed E-state index contributed by atoms with van der Waals surface area (Å²) in [7, 11) is 0. The summed E-state index contributed by atoms with van der Waals surface area (Å²) in [6, 6.07) is 25.9. The Morgan fingerprint density at radius 3 is 2.26 bits per heavy atom. The normalized spacial score (nSPS) is 16.6. The van der Waals surface area contributed by atoms with Gasteiger partial charge in [0, 0.05) is 17.1 Å². The standard InChI is InChI=1S/C43H50BNO/c1-9-12-15-30-18-19-39-36(24-30)44-35-26-33-34(43(7,8)21-20-42(33,5)6)27-38(35)45(37-16-13-17-40(46-39)41(37)44)32-23-29(11-3)22-31(25-32)28(4)14-10-2/h13,16-19,22-27H,4,9-12,14-15,20-21H2,1-3,5-8H3. The van der Waals surface area contributed by atoms with E-state index >= 15 is 0 Å². The second kappa shape index (κ2) is 11.5. The zero-order valence-corrected chi connectivity index (χ0v) is 29.1. The van der Waals surface area contributed by atoms with Crippen LogP contribution in [0.15, 0.2) is 73.3 Å². The molecule has 2 aliphatic heterocycles. The molecule has 4 aromatic rings. The Hall–Kier alpha value is -3.72. The van der Waals surface area contributed by atoms with Crippen LogP contribution in [0.2, 0.25) is 0 Å². The lowest BCUT2D eigenvalue weighted by Gasteiger charge is -2.46. The van der Waals surface area contributed by atoms with Gasteiger partial charge < -0.3 is 9.64 Å². The largest absolute Gasteiger partial charge is 0.458 e. The van der Waals surface area contributed by atoms with E-state index in [9.17, 15) is 0 Å². The first-order chi connectivity index (χ1) is 22.1. The first kappa shape index (κ1) is 30.9. The number of unbranched alkanes of at least 4 members (excludes halogenated alkanes) is 1. The molecule has 0 radical (unpaired) electrons. The molecule has 0 atom stereocenters. The van der Waals surface area contributed by atoms with Crippen LogP contribution in [0.4, 0.5) is 17.1 Å². The average molecular weight is 608 g/mol. The molecule has 4 aromatic carbocycles. The third-order valence-corrected chi connectivity index (χ3v) is 11.2. The predicted molar refractivity (Wildman–Crippen MR) is 200 cm³/mol. The quantitative estimate of drug-likeness (QED) is 0.160. The molecule has 2 heterocycles. The van der Waals surface area contributed by atoms with Crippen LogP contribution < -0.4 is 26.0 Å². The van der Waals surface area contributed by atoms with Crippen LogP contribution in [0.1, 0.15) is 115 Å². The van der Waals surface area contributed by atoms with E-state index in [-0.39, 0.29) is 17.5 Å². The number of anilines is 3. The molecule has 0 saturated carbocycles. The molecular formula is C43H50BNO. The van der Waals surface area contributed by atoms with Crippen LogP contribution in [0.5, 0.6) is 11.5 Å². The molecular weight excluding hydrogens is 557 g/mol. The first-order valence-corrected chi connectivity index (χ1v) is 17.8. The number of ether oxygens (including phenoxy) is 1. The minimum Gasteiger partial charge on any atom is -0.458 e. The fourth-order valence-electron chi connectivity index (χ4n) is 8.27. The number of hydrogen-bond acceptors (Lipinski definition) is 2. The molecule has 0 spiro atoms. The molecule has 1 aliphatic carbocycles. The van der Waals surface area contributed by atoms with Gasteiger partial charge in [-0.15, -0.1) is 0 Å². The first-order valence-electron chi connectivity index (χ1n) is 17.8. The lowest BCUT2D eigenvalue weighted by Crippen LogP contribution is -2.60. The van der Waals surface area contributed by atoms with E-state index < -0.39 is 0 Å². The molecule has 0 unspecified atom stereocenters. The van der Waals surface area contributed by atoms with Crippen LogP contribution in [-0.2, 0) is 23.7 Å². The van der Waals surface area contributed by atoms with E-state index in [0.29, 0.717) is 0 Å². The molecule has 0 bridgehead atoms. The van der Waals surface area contributed by atoms with Gasteiger partial charge in [0.2, 0.25) is 0 Å². The molecule has 2 nitrogen and oxygen atoms in total. The van der Waals surface area contributed by atoms with Crippen molar-refractivity contribution in [3.8, 4) is 11.5 Å². The number of benzene rings is 4. The number of rotatable bonds is 8. The minimum absolute atomic E-state index is 0.112. The maximum atomic E-state index is 6.77. The topological polar surface area (TPSA) is 12.5 Å². The number of hydrogen-bond donors (Lipinski definition) is 0. The van der Waals surface area contributed by atoms with Crippen molar-refractivity contribution in [2.45, 2.75) is 111 Å². The van der Waals surface area contributed by atoms with Crippen LogP contribution in [0, 0.1) is 0 Å². The molecule has 0 saturated heterocycles. The zero-order valence-electron chi connectivity index (χ0n) is 29.1. The molecule has 0 N–H and O–H groups in total. The Morgan fingerprint density at radius 2 is 1.54 bits per heavy atom. The summed E-state index contributed by atoms with van der Waals surface area (Å²) >= 11 is 0. The summed E-state index contributed by atoms with van der Waals surface area (Å²) in [6.07, 6.45) is 8.98. The van der Waals surface area contributed by atoms with E-state index in [1.165, 1.54) is 92.5 Å². The number of nitrogens with zero attached hydrogens (tertiary/aromatic N) is 1. The third-order valence-electron chi connectivity index (χ3n) is 11.2. The number of allylic oxidation sites excluding steroid dienone is 1. The summed E-state index contributed by atoms with van der Waals surface area (Å²) in [4.78, 5) is 2.56. The van der Waals surface area contributed by atoms with E-state index in [2.05, 4.69) is 127 Å². The van der Waals surface area contributed by atoms with Gasteiger partial charge in [-0.2, -0.15) is 0 Å². The summed E-state index contributed by atoms with van der Waals surface area (Å²) < 4.78 is 6.77. The Bertz CT molecular complexity index is 1850. The molecule has 0 amide bonds. The van der Waals surface area contributed by atoms with Crippen molar-refractivity contribution in [3.05, 3.63) is 101 Å². The molecule has 7 rings (SSSR count). The summed E-state index contributed by atoms with van der Waals surface area (Å²) in [6.45, 7) is 21.2. The van der Waals surface area contributed by atoms with Gasteiger partial charge in [-0.05, 0) is 136 Å². The maximum Gasteiger partial charge on any atom is 0.256 e. The lowest BCUT2D eigenvalue weighted by molar-refractivity contribution is 0.332. The smallest absolute Gasteiger partial charge is 0.256 e. The van der Waals surface area contributed by atoms with Crippen molar-refractivity contribution in [2.24, 2.45) is 0 Å². The van der Waals surface area contributed by atoms with Crippen LogP contribution in [0.25, 0.3) is 5.57 Å². The molecule has 3 aliphatic rings. The van der Waals surface area contributed by atoms with Crippen molar-refractivity contribution in [3.63, 3.8) is 0 Å². The molecule has 236 valence electrons. The highest BCUT2D eigenvalue weighted by Crippen LogP contribution is 2.49. The Balaban J connectivity index is 1.54. The molecule has 46 heavy (non-hydrogen) atoms. The van der Waals surface area contributed by atoms with Crippen molar-refractivity contribution in [1.29, 1.82) is 0 Å². The monoisotopic (exact) mass is 607 g/mol. The highest BCUT2D eigenvalue weighted by Gasteiger charge is 2.45. The highest BCUT2D eigenvalue weighted by molar-refractivity contribution is 6.99. The Labute approximate surface area is 278 Å². The minimum atomic E-state index is 0.112. The van der Waals surface area contributed by atoms with Gasteiger partial charge >= 0.3 is 0 Å². The molecule has 0 aromatic heterocycles. The second-order valence-electron chi connectivity index (χ2n) is 15.4. The van der Waals surface area contributed by atoms with Gasteiger partial charge in [-0.3, -0.25) is 0 Å². The van der Waals surface area contributed by atoms with Crippen molar-refractivity contribution >= 4 is 45.7 Å². The average Bonchev–Trinajstić information content (AvgIpc) is 3.05. The predicted octanol–water partition coefficient (Wildman–Crippen LogP) is 10.2. The highest BCUT2D eigenvalue weighted by atomic mass is 16.5. The van der Waals surface area contributed by atoms with Crippen LogP contribution >= 0.6 is 0 Å². The van der Waals surface area contributed by atoms with E-state index in [1.54, 1.807) is 0 Å². The SMILES string of the molecule is C=C(CCC)c1cc(CC)cc(N2c3cc4c(cc3B3c5cc(CCCC)ccc5Oc5cccc2c53)C(C)(C)CCC4(C)C)c1. The third kappa shape index (κ3) is 5.02. The van der Waals surface area contributed by atoms with Crippen LogP contribution in [-0.4, -0.2) is 6.71 Å². The molecule has 3 heteroatoms. The molecule has 0 fully saturated rings. The van der Waals surface area contributed by atoms with Gasteiger partial charge in [0.05, 0.1) is 0 Å². The van der Waals surface area contributed by atoms with Crippen molar-refractivity contribution < 1.29 is 4.74 Å². The fraction of sp³-hybridized carbons (Fsp3) is 0.395.